The minimum absolute atomic E-state index is 0.0490. The molecular formula is C12H16ClN3O4S. The summed E-state index contributed by atoms with van der Waals surface area (Å²) >= 11 is 5.84. The molecule has 0 aromatic carbocycles. The zero-order chi connectivity index (χ0) is 15.5. The van der Waals surface area contributed by atoms with Crippen molar-refractivity contribution in [3.8, 4) is 0 Å². The van der Waals surface area contributed by atoms with Crippen LogP contribution in [0.25, 0.3) is 0 Å². The highest BCUT2D eigenvalue weighted by atomic mass is 35.5. The van der Waals surface area contributed by atoms with Gasteiger partial charge in [-0.3, -0.25) is 9.52 Å². The molecule has 0 spiro atoms. The van der Waals surface area contributed by atoms with Crippen LogP contribution in [-0.4, -0.2) is 42.9 Å². The van der Waals surface area contributed by atoms with Crippen LogP contribution >= 0.6 is 11.6 Å². The van der Waals surface area contributed by atoms with Gasteiger partial charge in [0, 0.05) is 12.7 Å². The average molecular weight is 334 g/mol. The van der Waals surface area contributed by atoms with Crippen molar-refractivity contribution in [3.05, 3.63) is 23.5 Å². The number of pyridine rings is 1. The normalized spacial score (nSPS) is 19.4. The van der Waals surface area contributed by atoms with E-state index in [0.717, 1.165) is 4.31 Å². The predicted octanol–water partition coefficient (Wildman–Crippen LogP) is 1.42. The van der Waals surface area contributed by atoms with E-state index in [4.69, 9.17) is 16.3 Å². The van der Waals surface area contributed by atoms with E-state index in [0.29, 0.717) is 12.8 Å². The summed E-state index contributed by atoms with van der Waals surface area (Å²) < 4.78 is 33.2. The van der Waals surface area contributed by atoms with E-state index in [9.17, 15) is 13.2 Å². The second kappa shape index (κ2) is 6.59. The lowest BCUT2D eigenvalue weighted by Gasteiger charge is -2.23. The van der Waals surface area contributed by atoms with Crippen LogP contribution < -0.4 is 4.72 Å². The summed E-state index contributed by atoms with van der Waals surface area (Å²) in [5.74, 6) is -0.530. The molecule has 0 amide bonds. The molecular weight excluding hydrogens is 318 g/mol. The molecule has 9 heteroatoms. The van der Waals surface area contributed by atoms with Gasteiger partial charge in [-0.25, -0.2) is 4.98 Å². The van der Waals surface area contributed by atoms with Gasteiger partial charge in [0.2, 0.25) is 0 Å². The molecule has 1 atom stereocenters. The standard InChI is InChI=1S/C12H16ClN3O4S/c1-2-20-12(17)10-6-4-8-16(10)21(18,19)15-9-5-3-7-14-11(9)13/h3,5,7,10,15H,2,4,6,8H2,1H3. The van der Waals surface area contributed by atoms with Gasteiger partial charge in [0.1, 0.15) is 6.04 Å². The van der Waals surface area contributed by atoms with Crippen molar-refractivity contribution in [2.75, 3.05) is 17.9 Å². The molecule has 1 aliphatic rings. The molecule has 7 nitrogen and oxygen atoms in total. The van der Waals surface area contributed by atoms with Crippen molar-refractivity contribution >= 4 is 33.5 Å². The molecule has 21 heavy (non-hydrogen) atoms. The Balaban J connectivity index is 2.19. The van der Waals surface area contributed by atoms with Crippen molar-refractivity contribution < 1.29 is 17.9 Å². The first-order chi connectivity index (χ1) is 9.95. The van der Waals surface area contributed by atoms with E-state index in [1.807, 2.05) is 0 Å². The molecule has 1 saturated heterocycles. The fourth-order valence-corrected chi connectivity index (χ4v) is 3.84. The summed E-state index contributed by atoms with van der Waals surface area (Å²) in [5.41, 5.74) is 0.175. The molecule has 116 valence electrons. The van der Waals surface area contributed by atoms with Gasteiger partial charge in [-0.15, -0.1) is 0 Å². The lowest BCUT2D eigenvalue weighted by atomic mass is 10.2. The van der Waals surface area contributed by atoms with Crippen LogP contribution in [-0.2, 0) is 19.7 Å². The molecule has 0 radical (unpaired) electrons. The number of carbonyl (C=O) groups is 1. The Morgan fingerprint density at radius 2 is 2.38 bits per heavy atom. The maximum Gasteiger partial charge on any atom is 0.324 e. The van der Waals surface area contributed by atoms with Gasteiger partial charge in [0.15, 0.2) is 5.15 Å². The third-order valence-electron chi connectivity index (χ3n) is 3.07. The van der Waals surface area contributed by atoms with E-state index in [-0.39, 0.29) is 24.0 Å². The molecule has 1 fully saturated rings. The molecule has 1 unspecified atom stereocenters. The third kappa shape index (κ3) is 3.63. The number of anilines is 1. The van der Waals surface area contributed by atoms with Crippen LogP contribution in [0, 0.1) is 0 Å². The van der Waals surface area contributed by atoms with Crippen LogP contribution in [0.2, 0.25) is 5.15 Å². The minimum atomic E-state index is -3.89. The minimum Gasteiger partial charge on any atom is -0.465 e. The Kier molecular flexibility index (Phi) is 5.02. The zero-order valence-corrected chi connectivity index (χ0v) is 13.0. The van der Waals surface area contributed by atoms with Crippen molar-refractivity contribution in [3.63, 3.8) is 0 Å². The summed E-state index contributed by atoms with van der Waals surface area (Å²) in [6.07, 6.45) is 2.50. The Morgan fingerprint density at radius 1 is 1.62 bits per heavy atom. The monoisotopic (exact) mass is 333 g/mol. The van der Waals surface area contributed by atoms with Crippen molar-refractivity contribution in [2.45, 2.75) is 25.8 Å². The third-order valence-corrected chi connectivity index (χ3v) is 4.90. The second-order valence-electron chi connectivity index (χ2n) is 4.47. The maximum absolute atomic E-state index is 12.4. The molecule has 1 aromatic rings. The number of rotatable bonds is 5. The molecule has 1 aliphatic heterocycles. The highest BCUT2D eigenvalue weighted by molar-refractivity contribution is 7.90. The van der Waals surface area contributed by atoms with Gasteiger partial charge in [-0.1, -0.05) is 11.6 Å². The summed E-state index contributed by atoms with van der Waals surface area (Å²) in [7, 11) is -3.89. The highest BCUT2D eigenvalue weighted by Gasteiger charge is 2.39. The molecule has 0 aliphatic carbocycles. The number of nitrogens with one attached hydrogen (secondary N) is 1. The first-order valence-corrected chi connectivity index (χ1v) is 8.34. The lowest BCUT2D eigenvalue weighted by molar-refractivity contribution is -0.146. The largest absolute Gasteiger partial charge is 0.465 e. The van der Waals surface area contributed by atoms with Crippen LogP contribution in [0.3, 0.4) is 0 Å². The highest BCUT2D eigenvalue weighted by Crippen LogP contribution is 2.25. The van der Waals surface area contributed by atoms with Crippen molar-refractivity contribution in [1.82, 2.24) is 9.29 Å². The fourth-order valence-electron chi connectivity index (χ4n) is 2.16. The predicted molar refractivity (Wildman–Crippen MR) is 78.2 cm³/mol. The zero-order valence-electron chi connectivity index (χ0n) is 11.5. The second-order valence-corrected chi connectivity index (χ2v) is 6.45. The first kappa shape index (κ1) is 16.0. The Morgan fingerprint density at radius 3 is 3.05 bits per heavy atom. The fraction of sp³-hybridized carbons (Fsp3) is 0.500. The van der Waals surface area contributed by atoms with Crippen LogP contribution in [0.5, 0.6) is 0 Å². The molecule has 1 N–H and O–H groups in total. The van der Waals surface area contributed by atoms with Gasteiger partial charge in [0.05, 0.1) is 12.3 Å². The van der Waals surface area contributed by atoms with E-state index < -0.39 is 22.2 Å². The first-order valence-electron chi connectivity index (χ1n) is 6.52. The van der Waals surface area contributed by atoms with Gasteiger partial charge in [0.25, 0.3) is 0 Å². The number of nitrogens with zero attached hydrogens (tertiary/aromatic N) is 2. The average Bonchev–Trinajstić information content (AvgIpc) is 2.92. The van der Waals surface area contributed by atoms with Crippen molar-refractivity contribution in [1.29, 1.82) is 0 Å². The molecule has 0 saturated carbocycles. The molecule has 2 heterocycles. The maximum atomic E-state index is 12.4. The number of aromatic nitrogens is 1. The summed E-state index contributed by atoms with van der Waals surface area (Å²) in [4.78, 5) is 15.6. The van der Waals surface area contributed by atoms with E-state index in [2.05, 4.69) is 9.71 Å². The molecule has 2 rings (SSSR count). The topological polar surface area (TPSA) is 88.6 Å². The van der Waals surface area contributed by atoms with E-state index >= 15 is 0 Å². The smallest absolute Gasteiger partial charge is 0.324 e. The Hall–Kier alpha value is -1.38. The van der Waals surface area contributed by atoms with Gasteiger partial charge >= 0.3 is 16.2 Å². The van der Waals surface area contributed by atoms with Gasteiger partial charge in [-0.05, 0) is 31.9 Å². The van der Waals surface area contributed by atoms with Gasteiger partial charge < -0.3 is 4.74 Å². The van der Waals surface area contributed by atoms with Crippen LogP contribution in [0.4, 0.5) is 5.69 Å². The Labute approximate surface area is 128 Å². The number of ether oxygens (including phenoxy) is 1. The number of halogens is 1. The number of esters is 1. The number of hydrogen-bond acceptors (Lipinski definition) is 5. The van der Waals surface area contributed by atoms with E-state index in [1.54, 1.807) is 13.0 Å². The SMILES string of the molecule is CCOC(=O)C1CCCN1S(=O)(=O)Nc1cccnc1Cl. The number of carbonyl (C=O) groups excluding carboxylic acids is 1. The lowest BCUT2D eigenvalue weighted by Crippen LogP contribution is -2.44. The Bertz CT molecular complexity index is 623. The van der Waals surface area contributed by atoms with Crippen LogP contribution in [0.15, 0.2) is 18.3 Å². The summed E-state index contributed by atoms with van der Waals surface area (Å²) in [6, 6.07) is 2.27. The molecule has 0 bridgehead atoms. The number of hydrogen-bond donors (Lipinski definition) is 1. The summed E-state index contributed by atoms with van der Waals surface area (Å²) in [5, 5.41) is 0.0490. The molecule has 1 aromatic heterocycles. The van der Waals surface area contributed by atoms with E-state index in [1.165, 1.54) is 12.3 Å². The van der Waals surface area contributed by atoms with Crippen LogP contribution in [0.1, 0.15) is 19.8 Å². The quantitative estimate of drug-likeness (QED) is 0.650. The van der Waals surface area contributed by atoms with Crippen molar-refractivity contribution in [2.24, 2.45) is 0 Å². The summed E-state index contributed by atoms with van der Waals surface area (Å²) in [6.45, 7) is 2.15. The van der Waals surface area contributed by atoms with Gasteiger partial charge in [-0.2, -0.15) is 12.7 Å².